The second-order valence-electron chi connectivity index (χ2n) is 11.6. The van der Waals surface area contributed by atoms with Crippen LogP contribution in [0.1, 0.15) is 45.6 Å². The van der Waals surface area contributed by atoms with Gasteiger partial charge in [-0.25, -0.2) is 21.6 Å². The number of nitrogens with one attached hydrogen (secondary N) is 2. The molecule has 0 aliphatic carbocycles. The van der Waals surface area contributed by atoms with Crippen molar-refractivity contribution in [2.75, 3.05) is 39.9 Å². The average molecular weight is 596 g/mol. The summed E-state index contributed by atoms with van der Waals surface area (Å²) in [5.74, 6) is 0.352. The third-order valence-electron chi connectivity index (χ3n) is 7.67. The van der Waals surface area contributed by atoms with E-state index in [9.17, 15) is 21.9 Å². The Labute approximate surface area is 238 Å². The molecule has 2 atom stereocenters. The van der Waals surface area contributed by atoms with Crippen LogP contribution in [0.5, 0.6) is 5.75 Å². The Morgan fingerprint density at radius 2 is 1.75 bits per heavy atom. The molecule has 0 aromatic heterocycles. The molecule has 2 aromatic carbocycles. The molecular weight excluding hydrogens is 554 g/mol. The molecule has 0 saturated carbocycles. The summed E-state index contributed by atoms with van der Waals surface area (Å²) in [6, 6.07) is 13.3. The largest absolute Gasteiger partial charge is 0.491 e. The fourth-order valence-corrected chi connectivity index (χ4v) is 7.34. The van der Waals surface area contributed by atoms with Crippen LogP contribution in [0.15, 0.2) is 58.3 Å². The van der Waals surface area contributed by atoms with Crippen molar-refractivity contribution < 1.29 is 31.4 Å². The van der Waals surface area contributed by atoms with Crippen LogP contribution in [0, 0.1) is 0 Å². The minimum absolute atomic E-state index is 0.00166. The first-order chi connectivity index (χ1) is 18.7. The van der Waals surface area contributed by atoms with E-state index >= 15 is 0 Å². The molecule has 2 heterocycles. The van der Waals surface area contributed by atoms with E-state index in [4.69, 9.17) is 9.47 Å². The van der Waals surface area contributed by atoms with E-state index in [0.29, 0.717) is 43.2 Å². The first kappa shape index (κ1) is 30.9. The molecule has 2 saturated heterocycles. The van der Waals surface area contributed by atoms with Crippen molar-refractivity contribution in [1.82, 2.24) is 14.3 Å². The molecule has 2 aromatic rings. The number of hydrogen-bond acceptors (Lipinski definition) is 8. The molecule has 10 nitrogen and oxygen atoms in total. The van der Waals surface area contributed by atoms with Gasteiger partial charge in [0.2, 0.25) is 20.0 Å². The number of sulfonamides is 2. The maximum Gasteiger partial charge on any atom is 0.243 e. The van der Waals surface area contributed by atoms with E-state index in [1.165, 1.54) is 19.2 Å². The van der Waals surface area contributed by atoms with E-state index in [1.54, 1.807) is 28.6 Å². The lowest BCUT2D eigenvalue weighted by molar-refractivity contribution is -0.0312. The molecule has 2 aliphatic heterocycles. The monoisotopic (exact) mass is 595 g/mol. The van der Waals surface area contributed by atoms with E-state index < -0.39 is 26.2 Å². The third-order valence-corrected chi connectivity index (χ3v) is 11.0. The Bertz CT molecular complexity index is 1370. The quantitative estimate of drug-likeness (QED) is 0.381. The van der Waals surface area contributed by atoms with Gasteiger partial charge < -0.3 is 19.9 Å². The molecule has 40 heavy (non-hydrogen) atoms. The summed E-state index contributed by atoms with van der Waals surface area (Å²) < 4.78 is 66.0. The fourth-order valence-electron chi connectivity index (χ4n) is 5.14. The van der Waals surface area contributed by atoms with Gasteiger partial charge in [-0.1, -0.05) is 39.0 Å². The SMILES string of the molecule is CNS(=O)(=O)c1cccc(OCC(O)CNC2COC3(CCN(S(=O)(=O)c4ccc(C(C)(C)C)cc4)CC3)C2)c1. The van der Waals surface area contributed by atoms with Crippen molar-refractivity contribution in [3.63, 3.8) is 0 Å². The zero-order chi connectivity index (χ0) is 29.2. The van der Waals surface area contributed by atoms with Gasteiger partial charge in [-0.3, -0.25) is 0 Å². The molecular formula is C28H41N3O7S2. The Hall–Kier alpha value is -2.06. The van der Waals surface area contributed by atoms with Crippen molar-refractivity contribution in [2.45, 2.75) is 73.0 Å². The summed E-state index contributed by atoms with van der Waals surface area (Å²) >= 11 is 0. The zero-order valence-electron chi connectivity index (χ0n) is 23.6. The Morgan fingerprint density at radius 3 is 2.38 bits per heavy atom. The molecule has 3 N–H and O–H groups in total. The highest BCUT2D eigenvalue weighted by Crippen LogP contribution is 2.37. The standard InChI is InChI=1S/C28H41N3O7S2/c1-27(2,3)21-8-10-25(11-9-21)40(35,36)31-14-12-28(13-15-31)17-22(19-38-28)30-18-23(32)20-37-24-6-5-7-26(16-24)39(33,34)29-4/h5-11,16,22-23,29-30,32H,12-15,17-20H2,1-4H3. The molecule has 4 rings (SSSR count). The van der Waals surface area contributed by atoms with E-state index in [-0.39, 0.29) is 35.1 Å². The topological polar surface area (TPSA) is 134 Å². The first-order valence-electron chi connectivity index (χ1n) is 13.6. The molecule has 0 amide bonds. The Morgan fingerprint density at radius 1 is 1.07 bits per heavy atom. The van der Waals surface area contributed by atoms with Crippen molar-refractivity contribution in [1.29, 1.82) is 0 Å². The highest BCUT2D eigenvalue weighted by Gasteiger charge is 2.44. The van der Waals surface area contributed by atoms with Gasteiger partial charge in [-0.15, -0.1) is 0 Å². The molecule has 2 fully saturated rings. The lowest BCUT2D eigenvalue weighted by atomic mass is 9.87. The highest BCUT2D eigenvalue weighted by atomic mass is 32.2. The van der Waals surface area contributed by atoms with Gasteiger partial charge in [-0.05, 0) is 61.6 Å². The predicted octanol–water partition coefficient (Wildman–Crippen LogP) is 2.23. The van der Waals surface area contributed by atoms with Crippen molar-refractivity contribution in [3.8, 4) is 5.75 Å². The van der Waals surface area contributed by atoms with E-state index in [2.05, 4.69) is 30.8 Å². The van der Waals surface area contributed by atoms with Gasteiger partial charge in [0.15, 0.2) is 0 Å². The van der Waals surface area contributed by atoms with Crippen LogP contribution in [0.3, 0.4) is 0 Å². The Balaban J connectivity index is 1.23. The van der Waals surface area contributed by atoms with E-state index in [0.717, 1.165) is 12.0 Å². The number of benzene rings is 2. The van der Waals surface area contributed by atoms with Gasteiger partial charge >= 0.3 is 0 Å². The van der Waals surface area contributed by atoms with Gasteiger partial charge in [-0.2, -0.15) is 4.31 Å². The van der Waals surface area contributed by atoms with Crippen molar-refractivity contribution >= 4 is 20.0 Å². The minimum atomic E-state index is -3.58. The predicted molar refractivity (Wildman–Crippen MR) is 152 cm³/mol. The summed E-state index contributed by atoms with van der Waals surface area (Å²) in [6.07, 6.45) is 1.15. The molecule has 0 bridgehead atoms. The summed E-state index contributed by atoms with van der Waals surface area (Å²) in [7, 11) is -5.81. The average Bonchev–Trinajstić information content (AvgIpc) is 3.32. The number of ether oxygens (including phenoxy) is 2. The number of piperidine rings is 1. The van der Waals surface area contributed by atoms with E-state index in [1.807, 2.05) is 12.1 Å². The first-order valence-corrected chi connectivity index (χ1v) is 16.5. The van der Waals surface area contributed by atoms with Crippen molar-refractivity contribution in [2.24, 2.45) is 0 Å². The third kappa shape index (κ3) is 7.22. The number of aliphatic hydroxyl groups is 1. The maximum atomic E-state index is 13.2. The molecule has 0 radical (unpaired) electrons. The molecule has 2 aliphatic rings. The highest BCUT2D eigenvalue weighted by molar-refractivity contribution is 7.89. The number of hydrogen-bond donors (Lipinski definition) is 3. The fraction of sp³-hybridized carbons (Fsp3) is 0.571. The number of rotatable bonds is 10. The second kappa shape index (κ2) is 12.0. The number of aliphatic hydroxyl groups excluding tert-OH is 1. The summed E-state index contributed by atoms with van der Waals surface area (Å²) in [6.45, 7) is 7.85. The van der Waals surface area contributed by atoms with Gasteiger partial charge in [0.25, 0.3) is 0 Å². The zero-order valence-corrected chi connectivity index (χ0v) is 25.2. The normalized spacial score (nSPS) is 21.0. The van der Waals surface area contributed by atoms with Crippen LogP contribution in [0.2, 0.25) is 0 Å². The second-order valence-corrected chi connectivity index (χ2v) is 15.5. The van der Waals surface area contributed by atoms with Gasteiger partial charge in [0, 0.05) is 31.7 Å². The van der Waals surface area contributed by atoms with Crippen LogP contribution >= 0.6 is 0 Å². The maximum absolute atomic E-state index is 13.2. The lowest BCUT2D eigenvalue weighted by Crippen LogP contribution is -2.47. The van der Waals surface area contributed by atoms with Gasteiger partial charge in [0.05, 0.1) is 22.0 Å². The van der Waals surface area contributed by atoms with Crippen LogP contribution in [0.25, 0.3) is 0 Å². The van der Waals surface area contributed by atoms with Crippen LogP contribution in [-0.4, -0.2) is 83.9 Å². The Kier molecular flexibility index (Phi) is 9.30. The van der Waals surface area contributed by atoms with Crippen LogP contribution in [0.4, 0.5) is 0 Å². The summed E-state index contributed by atoms with van der Waals surface area (Å²) in [5.41, 5.74) is 0.671. The lowest BCUT2D eigenvalue weighted by Gasteiger charge is -2.38. The molecule has 222 valence electrons. The smallest absolute Gasteiger partial charge is 0.243 e. The summed E-state index contributed by atoms with van der Waals surface area (Å²) in [5, 5.41) is 13.7. The molecule has 12 heteroatoms. The number of nitrogens with zero attached hydrogens (tertiary/aromatic N) is 1. The van der Waals surface area contributed by atoms with Crippen LogP contribution in [-0.2, 0) is 30.2 Å². The van der Waals surface area contributed by atoms with Crippen molar-refractivity contribution in [3.05, 3.63) is 54.1 Å². The molecule has 2 unspecified atom stereocenters. The summed E-state index contributed by atoms with van der Waals surface area (Å²) in [4.78, 5) is 0.403. The molecule has 1 spiro atoms. The van der Waals surface area contributed by atoms with Crippen LogP contribution < -0.4 is 14.8 Å². The van der Waals surface area contributed by atoms with Gasteiger partial charge in [0.1, 0.15) is 18.5 Å². The minimum Gasteiger partial charge on any atom is -0.491 e.